The number of aryl methyl sites for hydroxylation is 2. The Morgan fingerprint density at radius 1 is 0.963 bits per heavy atom. The minimum absolute atomic E-state index is 0.0523. The Bertz CT molecular complexity index is 751. The summed E-state index contributed by atoms with van der Waals surface area (Å²) in [6, 6.07) is 5.70. The fourth-order valence-electron chi connectivity index (χ4n) is 5.04. The molecule has 0 amide bonds. The highest BCUT2D eigenvalue weighted by atomic mass is 32.2. The predicted molar refractivity (Wildman–Crippen MR) is 106 cm³/mol. The number of benzene rings is 1. The van der Waals surface area contributed by atoms with Crippen LogP contribution in [0.4, 0.5) is 0 Å². The van der Waals surface area contributed by atoms with Crippen molar-refractivity contribution in [3.63, 3.8) is 0 Å². The minimum Gasteiger partial charge on any atom is -0.379 e. The van der Waals surface area contributed by atoms with Crippen molar-refractivity contribution in [3.8, 4) is 0 Å². The van der Waals surface area contributed by atoms with Crippen LogP contribution >= 0.6 is 0 Å². The van der Waals surface area contributed by atoms with Gasteiger partial charge < -0.3 is 4.74 Å². The summed E-state index contributed by atoms with van der Waals surface area (Å²) in [5.74, 6) is 0. The van der Waals surface area contributed by atoms with E-state index < -0.39 is 10.0 Å². The third-order valence-electron chi connectivity index (χ3n) is 6.69. The molecule has 4 rings (SSSR count). The van der Waals surface area contributed by atoms with Crippen molar-refractivity contribution < 1.29 is 13.2 Å². The monoisotopic (exact) mass is 392 g/mol. The number of fused-ring (bicyclic) bond motifs is 1. The van der Waals surface area contributed by atoms with Crippen molar-refractivity contribution in [1.82, 2.24) is 9.62 Å². The normalized spacial score (nSPS) is 23.7. The molecule has 0 spiro atoms. The molecule has 0 unspecified atom stereocenters. The van der Waals surface area contributed by atoms with Crippen LogP contribution in [0.3, 0.4) is 0 Å². The van der Waals surface area contributed by atoms with E-state index in [0.717, 1.165) is 58.4 Å². The third kappa shape index (κ3) is 4.24. The highest BCUT2D eigenvalue weighted by Crippen LogP contribution is 2.34. The molecule has 1 saturated heterocycles. The van der Waals surface area contributed by atoms with E-state index in [1.54, 1.807) is 6.07 Å². The van der Waals surface area contributed by atoms with Crippen LogP contribution in [0.5, 0.6) is 0 Å². The van der Waals surface area contributed by atoms with Crippen LogP contribution in [0.1, 0.15) is 56.1 Å². The van der Waals surface area contributed by atoms with Crippen LogP contribution in [-0.2, 0) is 27.6 Å². The molecule has 3 aliphatic rings. The fraction of sp³-hybridized carbons (Fsp3) is 0.714. The van der Waals surface area contributed by atoms with Gasteiger partial charge in [0.2, 0.25) is 10.0 Å². The molecule has 1 N–H and O–H groups in total. The molecule has 0 atom stereocenters. The van der Waals surface area contributed by atoms with Crippen LogP contribution in [0, 0.1) is 0 Å². The van der Waals surface area contributed by atoms with Crippen LogP contribution in [0.25, 0.3) is 0 Å². The number of hydrogen-bond acceptors (Lipinski definition) is 4. The molecule has 0 bridgehead atoms. The van der Waals surface area contributed by atoms with E-state index in [1.807, 2.05) is 12.1 Å². The molecule has 1 heterocycles. The van der Waals surface area contributed by atoms with E-state index in [0.29, 0.717) is 11.4 Å². The van der Waals surface area contributed by atoms with Gasteiger partial charge in [0.25, 0.3) is 0 Å². The van der Waals surface area contributed by atoms with Crippen molar-refractivity contribution in [2.24, 2.45) is 0 Å². The summed E-state index contributed by atoms with van der Waals surface area (Å²) in [5, 5.41) is 0. The summed E-state index contributed by atoms with van der Waals surface area (Å²) in [7, 11) is -3.48. The number of morpholine rings is 1. The van der Waals surface area contributed by atoms with Crippen molar-refractivity contribution in [3.05, 3.63) is 29.3 Å². The second-order valence-electron chi connectivity index (χ2n) is 8.35. The number of nitrogens with zero attached hydrogens (tertiary/aromatic N) is 1. The van der Waals surface area contributed by atoms with E-state index >= 15 is 0 Å². The lowest BCUT2D eigenvalue weighted by atomic mass is 9.80. The van der Waals surface area contributed by atoms with Crippen molar-refractivity contribution >= 4 is 10.0 Å². The predicted octanol–water partition coefficient (Wildman–Crippen LogP) is 2.88. The molecule has 6 heteroatoms. The zero-order valence-electron chi connectivity index (χ0n) is 16.2. The van der Waals surface area contributed by atoms with Crippen LogP contribution in [0.2, 0.25) is 0 Å². The number of hydrogen-bond donors (Lipinski definition) is 1. The average molecular weight is 393 g/mol. The molecule has 2 aliphatic carbocycles. The molecule has 1 aromatic rings. The van der Waals surface area contributed by atoms with Crippen LogP contribution in [-0.4, -0.2) is 51.7 Å². The first kappa shape index (κ1) is 19.4. The highest BCUT2D eigenvalue weighted by molar-refractivity contribution is 7.89. The van der Waals surface area contributed by atoms with Gasteiger partial charge in [-0.05, 0) is 61.8 Å². The zero-order chi connectivity index (χ0) is 18.7. The molecule has 0 aromatic heterocycles. The maximum absolute atomic E-state index is 13.0. The van der Waals surface area contributed by atoms with Gasteiger partial charge in [0.05, 0.1) is 18.1 Å². The smallest absolute Gasteiger partial charge is 0.240 e. The maximum Gasteiger partial charge on any atom is 0.240 e. The second-order valence-corrected chi connectivity index (χ2v) is 10.1. The number of ether oxygens (including phenoxy) is 1. The third-order valence-corrected chi connectivity index (χ3v) is 8.09. The Balaban J connectivity index is 1.51. The van der Waals surface area contributed by atoms with Gasteiger partial charge in [-0.1, -0.05) is 25.3 Å². The lowest BCUT2D eigenvalue weighted by molar-refractivity contribution is -0.0348. The second kappa shape index (κ2) is 8.19. The summed E-state index contributed by atoms with van der Waals surface area (Å²) in [5.41, 5.74) is 2.48. The standard InChI is InChI=1S/C21H32N2O3S/c24-27(25,20-9-8-18-6-2-3-7-19(18)16-20)22-17-21(10-4-1-5-11-21)23-12-14-26-15-13-23/h8-9,16,22H,1-7,10-15,17H2. The van der Waals surface area contributed by atoms with Gasteiger partial charge in [0, 0.05) is 25.2 Å². The highest BCUT2D eigenvalue weighted by Gasteiger charge is 2.39. The van der Waals surface area contributed by atoms with E-state index in [4.69, 9.17) is 4.74 Å². The van der Waals surface area contributed by atoms with Crippen LogP contribution < -0.4 is 4.72 Å². The molecular formula is C21H32N2O3S. The minimum atomic E-state index is -3.48. The van der Waals surface area contributed by atoms with Crippen molar-refractivity contribution in [2.45, 2.75) is 68.2 Å². The number of sulfonamides is 1. The Labute approximate surface area is 163 Å². The zero-order valence-corrected chi connectivity index (χ0v) is 17.0. The SMILES string of the molecule is O=S(=O)(NCC1(N2CCOCC2)CCCCC1)c1ccc2c(c1)CCCC2. The first-order valence-corrected chi connectivity index (χ1v) is 12.0. The molecular weight excluding hydrogens is 360 g/mol. The summed E-state index contributed by atoms with van der Waals surface area (Å²) in [4.78, 5) is 2.90. The summed E-state index contributed by atoms with van der Waals surface area (Å²) >= 11 is 0. The Morgan fingerprint density at radius 3 is 2.41 bits per heavy atom. The van der Waals surface area contributed by atoms with Crippen molar-refractivity contribution in [2.75, 3.05) is 32.8 Å². The first-order chi connectivity index (χ1) is 13.1. The summed E-state index contributed by atoms with van der Waals surface area (Å²) in [6.45, 7) is 3.81. The van der Waals surface area contributed by atoms with Gasteiger partial charge in [-0.2, -0.15) is 0 Å². The lowest BCUT2D eigenvalue weighted by Crippen LogP contribution is -2.59. The Morgan fingerprint density at radius 2 is 1.67 bits per heavy atom. The molecule has 0 radical (unpaired) electrons. The Kier molecular flexibility index (Phi) is 5.88. The molecule has 2 fully saturated rings. The molecule has 1 aromatic carbocycles. The molecule has 1 aliphatic heterocycles. The quantitative estimate of drug-likeness (QED) is 0.837. The maximum atomic E-state index is 13.0. The topological polar surface area (TPSA) is 58.6 Å². The largest absolute Gasteiger partial charge is 0.379 e. The average Bonchev–Trinajstić information content (AvgIpc) is 2.73. The number of nitrogens with one attached hydrogen (secondary N) is 1. The van der Waals surface area contributed by atoms with E-state index in [-0.39, 0.29) is 5.54 Å². The van der Waals surface area contributed by atoms with E-state index in [1.165, 1.54) is 36.8 Å². The molecule has 1 saturated carbocycles. The van der Waals surface area contributed by atoms with Crippen molar-refractivity contribution in [1.29, 1.82) is 0 Å². The van der Waals surface area contributed by atoms with Gasteiger partial charge in [-0.25, -0.2) is 13.1 Å². The molecule has 27 heavy (non-hydrogen) atoms. The first-order valence-electron chi connectivity index (χ1n) is 10.5. The van der Waals surface area contributed by atoms with Gasteiger partial charge in [0.15, 0.2) is 0 Å². The van der Waals surface area contributed by atoms with Gasteiger partial charge >= 0.3 is 0 Å². The van der Waals surface area contributed by atoms with E-state index in [2.05, 4.69) is 9.62 Å². The van der Waals surface area contributed by atoms with Gasteiger partial charge in [0.1, 0.15) is 0 Å². The van der Waals surface area contributed by atoms with Gasteiger partial charge in [-0.3, -0.25) is 4.90 Å². The lowest BCUT2D eigenvalue weighted by Gasteiger charge is -2.48. The summed E-state index contributed by atoms with van der Waals surface area (Å²) in [6.07, 6.45) is 10.2. The molecule has 5 nitrogen and oxygen atoms in total. The summed E-state index contributed by atoms with van der Waals surface area (Å²) < 4.78 is 34.6. The number of rotatable bonds is 5. The molecule has 150 valence electrons. The van der Waals surface area contributed by atoms with Crippen LogP contribution in [0.15, 0.2) is 23.1 Å². The fourth-order valence-corrected chi connectivity index (χ4v) is 6.21. The van der Waals surface area contributed by atoms with E-state index in [9.17, 15) is 8.42 Å². The Hall–Kier alpha value is -0.950. The van der Waals surface area contributed by atoms with Gasteiger partial charge in [-0.15, -0.1) is 0 Å².